The molecular formula is C21H30O7S. The standard InChI is InChI=1S/C21H30O7S/c1-11-8-12(2)18(13(3)9-11)29(22)28-16-15(14-10-23-20(4,5)25-14)24-19-17(16)26-21(6,7)27-19/h8-9,14-17,19H,10H2,1-7H3/t14-,15-,16+,17-,19-,29?/m1/s1. The first kappa shape index (κ1) is 21.4. The van der Waals surface area contributed by atoms with E-state index in [0.29, 0.717) is 11.5 Å². The third-order valence-corrected chi connectivity index (χ3v) is 6.77. The van der Waals surface area contributed by atoms with Crippen LogP contribution in [-0.2, 0) is 38.9 Å². The van der Waals surface area contributed by atoms with E-state index in [2.05, 4.69) is 0 Å². The Morgan fingerprint density at radius 2 is 1.62 bits per heavy atom. The molecule has 0 spiro atoms. The molecule has 0 aliphatic carbocycles. The Kier molecular flexibility index (Phi) is 5.43. The van der Waals surface area contributed by atoms with Gasteiger partial charge in [0.05, 0.1) is 11.5 Å². The van der Waals surface area contributed by atoms with Crippen molar-refractivity contribution in [3.8, 4) is 0 Å². The van der Waals surface area contributed by atoms with Crippen LogP contribution in [-0.4, -0.2) is 53.1 Å². The molecule has 6 atom stereocenters. The zero-order chi connectivity index (χ0) is 21.1. The Bertz CT molecular complexity index is 798. The van der Waals surface area contributed by atoms with Gasteiger partial charge in [-0.25, -0.2) is 4.21 Å². The molecule has 0 aromatic heterocycles. The minimum absolute atomic E-state index is 0.357. The van der Waals surface area contributed by atoms with Crippen molar-refractivity contribution in [2.24, 2.45) is 0 Å². The molecule has 162 valence electrons. The van der Waals surface area contributed by atoms with Crippen molar-refractivity contribution in [2.45, 2.75) is 95.6 Å². The van der Waals surface area contributed by atoms with Gasteiger partial charge in [-0.1, -0.05) is 17.7 Å². The fraction of sp³-hybridized carbons (Fsp3) is 0.714. The van der Waals surface area contributed by atoms with Crippen molar-refractivity contribution >= 4 is 11.1 Å². The van der Waals surface area contributed by atoms with Crippen molar-refractivity contribution in [3.05, 3.63) is 28.8 Å². The van der Waals surface area contributed by atoms with Crippen LogP contribution in [0, 0.1) is 20.8 Å². The lowest BCUT2D eigenvalue weighted by Gasteiger charge is -2.28. The van der Waals surface area contributed by atoms with Gasteiger partial charge >= 0.3 is 0 Å². The second kappa shape index (κ2) is 7.37. The Hall–Kier alpha value is -0.870. The van der Waals surface area contributed by atoms with Crippen molar-refractivity contribution in [2.75, 3.05) is 6.61 Å². The zero-order valence-corrected chi connectivity index (χ0v) is 18.8. The van der Waals surface area contributed by atoms with Crippen molar-refractivity contribution in [1.29, 1.82) is 0 Å². The van der Waals surface area contributed by atoms with E-state index in [1.165, 1.54) is 0 Å². The Morgan fingerprint density at radius 1 is 0.966 bits per heavy atom. The van der Waals surface area contributed by atoms with Crippen LogP contribution in [0.5, 0.6) is 0 Å². The first-order valence-electron chi connectivity index (χ1n) is 9.95. The molecule has 0 bridgehead atoms. The minimum atomic E-state index is -1.69. The van der Waals surface area contributed by atoms with E-state index < -0.39 is 47.3 Å². The molecule has 7 nitrogen and oxygen atoms in total. The molecule has 1 aromatic carbocycles. The lowest BCUT2D eigenvalue weighted by Crippen LogP contribution is -2.44. The average molecular weight is 427 g/mol. The molecule has 0 saturated carbocycles. The van der Waals surface area contributed by atoms with E-state index in [9.17, 15) is 4.21 Å². The Morgan fingerprint density at radius 3 is 2.21 bits per heavy atom. The van der Waals surface area contributed by atoms with Crippen LogP contribution < -0.4 is 0 Å². The lowest BCUT2D eigenvalue weighted by molar-refractivity contribution is -0.230. The summed E-state index contributed by atoms with van der Waals surface area (Å²) in [5.74, 6) is -1.51. The maximum atomic E-state index is 13.3. The highest BCUT2D eigenvalue weighted by Crippen LogP contribution is 2.42. The molecule has 3 saturated heterocycles. The summed E-state index contributed by atoms with van der Waals surface area (Å²) in [4.78, 5) is 0.680. The van der Waals surface area contributed by atoms with E-state index in [-0.39, 0.29) is 6.10 Å². The molecule has 8 heteroatoms. The number of hydrogen-bond donors (Lipinski definition) is 0. The molecule has 3 heterocycles. The van der Waals surface area contributed by atoms with Crippen LogP contribution >= 0.6 is 0 Å². The molecule has 1 unspecified atom stereocenters. The quantitative estimate of drug-likeness (QED) is 0.733. The Labute approximate surface area is 174 Å². The van der Waals surface area contributed by atoms with E-state index in [4.69, 9.17) is 27.9 Å². The van der Waals surface area contributed by atoms with Crippen LogP contribution in [0.15, 0.2) is 17.0 Å². The van der Waals surface area contributed by atoms with Gasteiger partial charge in [0.15, 0.2) is 28.9 Å². The van der Waals surface area contributed by atoms with Gasteiger partial charge in [-0.15, -0.1) is 0 Å². The molecular weight excluding hydrogens is 396 g/mol. The topological polar surface area (TPSA) is 72.5 Å². The molecule has 0 N–H and O–H groups in total. The molecule has 1 aromatic rings. The third-order valence-electron chi connectivity index (χ3n) is 5.39. The molecule has 3 aliphatic rings. The molecule has 0 radical (unpaired) electrons. The lowest BCUT2D eigenvalue weighted by atomic mass is 10.1. The zero-order valence-electron chi connectivity index (χ0n) is 18.0. The van der Waals surface area contributed by atoms with Gasteiger partial charge in [-0.05, 0) is 59.6 Å². The van der Waals surface area contributed by atoms with Gasteiger partial charge in [-0.3, -0.25) is 4.18 Å². The SMILES string of the molecule is Cc1cc(C)c(S(=O)O[C@@H]2[C@H]3OC(C)(C)O[C@H]3O[C@@H]2[C@H]2COC(C)(C)O2)c(C)c1. The van der Waals surface area contributed by atoms with Crippen molar-refractivity contribution < 1.29 is 32.1 Å². The molecule has 3 aliphatic heterocycles. The summed E-state index contributed by atoms with van der Waals surface area (Å²) in [6.07, 6.45) is -2.61. The van der Waals surface area contributed by atoms with E-state index in [1.807, 2.05) is 60.6 Å². The van der Waals surface area contributed by atoms with Gasteiger partial charge in [-0.2, -0.15) is 0 Å². The van der Waals surface area contributed by atoms with Crippen LogP contribution in [0.4, 0.5) is 0 Å². The number of ether oxygens (including phenoxy) is 5. The summed E-state index contributed by atoms with van der Waals surface area (Å²) in [6.45, 7) is 13.6. The molecule has 0 amide bonds. The first-order valence-corrected chi connectivity index (χ1v) is 11.0. The molecule has 3 fully saturated rings. The van der Waals surface area contributed by atoms with Gasteiger partial charge < -0.3 is 23.7 Å². The highest BCUT2D eigenvalue weighted by molar-refractivity contribution is 7.80. The van der Waals surface area contributed by atoms with Gasteiger partial charge in [0, 0.05) is 0 Å². The second-order valence-corrected chi connectivity index (χ2v) is 10.0. The van der Waals surface area contributed by atoms with Crippen molar-refractivity contribution in [1.82, 2.24) is 0 Å². The van der Waals surface area contributed by atoms with Crippen molar-refractivity contribution in [3.63, 3.8) is 0 Å². The average Bonchev–Trinajstić information content (AvgIpc) is 3.17. The van der Waals surface area contributed by atoms with Gasteiger partial charge in [0.25, 0.3) is 0 Å². The highest BCUT2D eigenvalue weighted by atomic mass is 32.2. The van der Waals surface area contributed by atoms with Crippen LogP contribution in [0.2, 0.25) is 0 Å². The summed E-state index contributed by atoms with van der Waals surface area (Å²) >= 11 is -1.69. The summed E-state index contributed by atoms with van der Waals surface area (Å²) < 4.78 is 49.1. The number of fused-ring (bicyclic) bond motifs is 1. The third kappa shape index (κ3) is 4.17. The van der Waals surface area contributed by atoms with Gasteiger partial charge in [0.1, 0.15) is 24.4 Å². The number of hydrogen-bond acceptors (Lipinski definition) is 7. The van der Waals surface area contributed by atoms with E-state index in [1.54, 1.807) is 0 Å². The predicted molar refractivity (Wildman–Crippen MR) is 106 cm³/mol. The first-order chi connectivity index (χ1) is 13.5. The maximum absolute atomic E-state index is 13.3. The van der Waals surface area contributed by atoms with Crippen LogP contribution in [0.1, 0.15) is 44.4 Å². The highest BCUT2D eigenvalue weighted by Gasteiger charge is 2.59. The monoisotopic (exact) mass is 426 g/mol. The molecule has 4 rings (SSSR count). The fourth-order valence-electron chi connectivity index (χ4n) is 4.37. The summed E-state index contributed by atoms with van der Waals surface area (Å²) in [5.41, 5.74) is 2.98. The maximum Gasteiger partial charge on any atom is 0.190 e. The largest absolute Gasteiger partial charge is 0.348 e. The van der Waals surface area contributed by atoms with Gasteiger partial charge in [0.2, 0.25) is 0 Å². The van der Waals surface area contributed by atoms with E-state index >= 15 is 0 Å². The van der Waals surface area contributed by atoms with E-state index in [0.717, 1.165) is 16.7 Å². The Balaban J connectivity index is 1.60. The number of benzene rings is 1. The molecule has 29 heavy (non-hydrogen) atoms. The van der Waals surface area contributed by atoms with Crippen LogP contribution in [0.3, 0.4) is 0 Å². The smallest absolute Gasteiger partial charge is 0.190 e. The minimum Gasteiger partial charge on any atom is -0.348 e. The second-order valence-electron chi connectivity index (χ2n) is 8.96. The predicted octanol–water partition coefficient (Wildman–Crippen LogP) is 3.05. The summed E-state index contributed by atoms with van der Waals surface area (Å²) in [5, 5.41) is 0. The number of aryl methyl sites for hydroxylation is 3. The summed E-state index contributed by atoms with van der Waals surface area (Å²) in [7, 11) is 0. The summed E-state index contributed by atoms with van der Waals surface area (Å²) in [6, 6.07) is 4.01. The van der Waals surface area contributed by atoms with Crippen LogP contribution in [0.25, 0.3) is 0 Å². The fourth-order valence-corrected chi connectivity index (χ4v) is 5.53. The number of rotatable bonds is 4. The normalized spacial score (nSPS) is 36.3.